The number of halogens is 3. The number of hydrogen-bond acceptors (Lipinski definition) is 2. The molecule has 102 valence electrons. The molecule has 0 aromatic carbocycles. The van der Waals surface area contributed by atoms with Crippen LogP contribution in [0.1, 0.15) is 26.3 Å². The maximum absolute atomic E-state index is 12.4. The van der Waals surface area contributed by atoms with Crippen molar-refractivity contribution >= 4 is 0 Å². The number of nitrogens with zero attached hydrogens (tertiary/aromatic N) is 2. The van der Waals surface area contributed by atoms with E-state index in [-0.39, 0.29) is 12.1 Å². The van der Waals surface area contributed by atoms with Gasteiger partial charge in [-0.25, -0.2) is 0 Å². The van der Waals surface area contributed by atoms with Crippen LogP contribution in [0.4, 0.5) is 13.2 Å². The Bertz CT molecular complexity index is 413. The van der Waals surface area contributed by atoms with Gasteiger partial charge < -0.3 is 5.32 Å². The highest BCUT2D eigenvalue weighted by atomic mass is 19.4. The molecule has 0 aliphatic heterocycles. The molecule has 0 aliphatic carbocycles. The van der Waals surface area contributed by atoms with E-state index in [0.717, 1.165) is 18.0 Å². The fraction of sp³-hybridized carbons (Fsp3) is 0.583. The largest absolute Gasteiger partial charge is 0.419 e. The Kier molecular flexibility index (Phi) is 4.21. The molecule has 0 saturated carbocycles. The van der Waals surface area contributed by atoms with Crippen molar-refractivity contribution in [3.63, 3.8) is 0 Å². The van der Waals surface area contributed by atoms with Crippen molar-refractivity contribution in [2.75, 3.05) is 6.54 Å². The zero-order valence-corrected chi connectivity index (χ0v) is 10.8. The third kappa shape index (κ3) is 4.91. The standard InChI is InChI=1S/C12H18F3N3/c1-9(5-16-11(2,3)4)7-18-8-10(6-17-18)12(13,14)15/h6,8,16H,1,5,7H2,2-4H3. The molecule has 3 nitrogen and oxygen atoms in total. The van der Waals surface area contributed by atoms with Gasteiger partial charge >= 0.3 is 6.18 Å². The number of alkyl halides is 3. The minimum absolute atomic E-state index is 0.0514. The molecule has 18 heavy (non-hydrogen) atoms. The van der Waals surface area contributed by atoms with Gasteiger partial charge in [0.2, 0.25) is 0 Å². The summed E-state index contributed by atoms with van der Waals surface area (Å²) in [7, 11) is 0. The van der Waals surface area contributed by atoms with Gasteiger partial charge in [-0.3, -0.25) is 4.68 Å². The van der Waals surface area contributed by atoms with Gasteiger partial charge in [0.25, 0.3) is 0 Å². The number of rotatable bonds is 4. The lowest BCUT2D eigenvalue weighted by molar-refractivity contribution is -0.137. The molecule has 1 rings (SSSR count). The zero-order valence-electron chi connectivity index (χ0n) is 10.8. The first-order valence-electron chi connectivity index (χ1n) is 5.59. The average molecular weight is 261 g/mol. The van der Waals surface area contributed by atoms with Crippen molar-refractivity contribution < 1.29 is 13.2 Å². The van der Waals surface area contributed by atoms with Crippen LogP contribution in [0.3, 0.4) is 0 Å². The van der Waals surface area contributed by atoms with Crippen molar-refractivity contribution in [2.45, 2.75) is 39.0 Å². The van der Waals surface area contributed by atoms with Crippen LogP contribution in [-0.2, 0) is 12.7 Å². The van der Waals surface area contributed by atoms with E-state index < -0.39 is 11.7 Å². The second-order valence-electron chi connectivity index (χ2n) is 5.28. The normalized spacial score (nSPS) is 12.8. The van der Waals surface area contributed by atoms with E-state index in [4.69, 9.17) is 0 Å². The summed E-state index contributed by atoms with van der Waals surface area (Å²) in [5, 5.41) is 6.89. The van der Waals surface area contributed by atoms with Crippen molar-refractivity contribution in [3.05, 3.63) is 30.1 Å². The van der Waals surface area contributed by atoms with Gasteiger partial charge in [-0.2, -0.15) is 18.3 Å². The average Bonchev–Trinajstić information content (AvgIpc) is 2.61. The van der Waals surface area contributed by atoms with E-state index in [0.29, 0.717) is 6.54 Å². The third-order valence-corrected chi connectivity index (χ3v) is 2.21. The van der Waals surface area contributed by atoms with Crippen LogP contribution in [-0.4, -0.2) is 21.9 Å². The molecule has 0 radical (unpaired) electrons. The summed E-state index contributed by atoms with van der Waals surface area (Å²) < 4.78 is 38.3. The summed E-state index contributed by atoms with van der Waals surface area (Å²) in [6, 6.07) is 0. The Morgan fingerprint density at radius 1 is 1.39 bits per heavy atom. The number of hydrogen-bond donors (Lipinski definition) is 1. The monoisotopic (exact) mass is 261 g/mol. The predicted octanol–water partition coefficient (Wildman–Crippen LogP) is 2.85. The minimum atomic E-state index is -4.34. The van der Waals surface area contributed by atoms with Gasteiger partial charge in [-0.05, 0) is 26.3 Å². The first-order chi connectivity index (χ1) is 8.08. The van der Waals surface area contributed by atoms with Crippen LogP contribution < -0.4 is 5.32 Å². The molecule has 1 heterocycles. The topological polar surface area (TPSA) is 29.9 Å². The molecular weight excluding hydrogens is 243 g/mol. The van der Waals surface area contributed by atoms with E-state index in [9.17, 15) is 13.2 Å². The van der Waals surface area contributed by atoms with Crippen LogP contribution in [0, 0.1) is 0 Å². The molecule has 1 aromatic heterocycles. The van der Waals surface area contributed by atoms with Gasteiger partial charge in [0.15, 0.2) is 0 Å². The van der Waals surface area contributed by atoms with Crippen LogP contribution in [0.2, 0.25) is 0 Å². The summed E-state index contributed by atoms with van der Waals surface area (Å²) in [6.07, 6.45) is -2.53. The summed E-state index contributed by atoms with van der Waals surface area (Å²) in [5.74, 6) is 0. The zero-order chi connectivity index (χ0) is 14.0. The Balaban J connectivity index is 2.53. The summed E-state index contributed by atoms with van der Waals surface area (Å²) >= 11 is 0. The molecule has 6 heteroatoms. The first kappa shape index (κ1) is 14.8. The van der Waals surface area contributed by atoms with Crippen LogP contribution in [0.5, 0.6) is 0 Å². The Morgan fingerprint density at radius 3 is 2.44 bits per heavy atom. The lowest BCUT2D eigenvalue weighted by Crippen LogP contribution is -2.37. The molecule has 0 unspecified atom stereocenters. The van der Waals surface area contributed by atoms with Gasteiger partial charge in [-0.1, -0.05) is 6.58 Å². The van der Waals surface area contributed by atoms with Crippen LogP contribution >= 0.6 is 0 Å². The minimum Gasteiger partial charge on any atom is -0.308 e. The Morgan fingerprint density at radius 2 is 2.00 bits per heavy atom. The van der Waals surface area contributed by atoms with Gasteiger partial charge in [-0.15, -0.1) is 0 Å². The number of aromatic nitrogens is 2. The quantitative estimate of drug-likeness (QED) is 0.845. The lowest BCUT2D eigenvalue weighted by Gasteiger charge is -2.21. The van der Waals surface area contributed by atoms with Crippen molar-refractivity contribution in [1.29, 1.82) is 0 Å². The molecule has 0 amide bonds. The van der Waals surface area contributed by atoms with Gasteiger partial charge in [0.1, 0.15) is 0 Å². The smallest absolute Gasteiger partial charge is 0.308 e. The van der Waals surface area contributed by atoms with Crippen LogP contribution in [0.15, 0.2) is 24.5 Å². The summed E-state index contributed by atoms with van der Waals surface area (Å²) in [4.78, 5) is 0. The molecule has 0 aliphatic rings. The number of nitrogens with one attached hydrogen (secondary N) is 1. The van der Waals surface area contributed by atoms with Crippen molar-refractivity contribution in [3.8, 4) is 0 Å². The van der Waals surface area contributed by atoms with Crippen molar-refractivity contribution in [1.82, 2.24) is 15.1 Å². The highest BCUT2D eigenvalue weighted by molar-refractivity contribution is 5.10. The molecule has 0 spiro atoms. The maximum atomic E-state index is 12.4. The van der Waals surface area contributed by atoms with Crippen LogP contribution in [0.25, 0.3) is 0 Å². The molecule has 1 aromatic rings. The van der Waals surface area contributed by atoms with Gasteiger partial charge in [0.05, 0.1) is 18.3 Å². The molecule has 0 saturated heterocycles. The second-order valence-corrected chi connectivity index (χ2v) is 5.28. The van der Waals surface area contributed by atoms with E-state index in [2.05, 4.69) is 17.0 Å². The van der Waals surface area contributed by atoms with Gasteiger partial charge in [0, 0.05) is 18.3 Å². The summed E-state index contributed by atoms with van der Waals surface area (Å²) in [6.45, 7) is 10.7. The molecule has 0 bridgehead atoms. The fourth-order valence-electron chi connectivity index (χ4n) is 1.27. The highest BCUT2D eigenvalue weighted by Gasteiger charge is 2.32. The molecule has 0 fully saturated rings. The van der Waals surface area contributed by atoms with E-state index >= 15 is 0 Å². The van der Waals surface area contributed by atoms with E-state index in [1.54, 1.807) is 0 Å². The second kappa shape index (κ2) is 5.14. The van der Waals surface area contributed by atoms with E-state index in [1.807, 2.05) is 20.8 Å². The Labute approximate surface area is 105 Å². The van der Waals surface area contributed by atoms with E-state index in [1.165, 1.54) is 4.68 Å². The maximum Gasteiger partial charge on any atom is 0.419 e. The summed E-state index contributed by atoms with van der Waals surface area (Å²) in [5.41, 5.74) is -0.00897. The first-order valence-corrected chi connectivity index (χ1v) is 5.59. The SMILES string of the molecule is C=C(CNC(C)(C)C)Cn1cc(C(F)(F)F)cn1. The fourth-order valence-corrected chi connectivity index (χ4v) is 1.27. The Hall–Kier alpha value is -1.30. The molecule has 1 N–H and O–H groups in total. The lowest BCUT2D eigenvalue weighted by atomic mass is 10.1. The predicted molar refractivity (Wildman–Crippen MR) is 64.1 cm³/mol. The highest BCUT2D eigenvalue weighted by Crippen LogP contribution is 2.28. The molecular formula is C12H18F3N3. The van der Waals surface area contributed by atoms with Crippen molar-refractivity contribution in [2.24, 2.45) is 0 Å². The molecule has 0 atom stereocenters. The third-order valence-electron chi connectivity index (χ3n) is 2.21.